The smallest absolute Gasteiger partial charge is 0.287 e. The normalized spacial score (nSPS) is 26.8. The average Bonchev–Trinajstić information content (AvgIpc) is 3.45. The van der Waals surface area contributed by atoms with E-state index in [9.17, 15) is 23.1 Å². The summed E-state index contributed by atoms with van der Waals surface area (Å²) in [5, 5.41) is 18.4. The summed E-state index contributed by atoms with van der Waals surface area (Å²) < 4.78 is 51.4. The highest BCUT2D eigenvalue weighted by Gasteiger charge is 2.60. The lowest BCUT2D eigenvalue weighted by Gasteiger charge is -2.54. The second-order valence-corrected chi connectivity index (χ2v) is 9.05. The molecule has 8 nitrogen and oxygen atoms in total. The number of nitrogens with zero attached hydrogens (tertiary/aromatic N) is 3. The van der Waals surface area contributed by atoms with Crippen LogP contribution >= 0.6 is 11.6 Å². The van der Waals surface area contributed by atoms with Crippen LogP contribution in [0.1, 0.15) is 66.2 Å². The van der Waals surface area contributed by atoms with E-state index in [0.29, 0.717) is 31.2 Å². The van der Waals surface area contributed by atoms with E-state index in [4.69, 9.17) is 26.4 Å². The molecule has 2 aromatic heterocycles. The maximum atomic E-state index is 13.8. The van der Waals surface area contributed by atoms with Gasteiger partial charge < -0.3 is 19.9 Å². The first kappa shape index (κ1) is 21.9. The second-order valence-electron chi connectivity index (χ2n) is 8.65. The molecule has 3 fully saturated rings. The van der Waals surface area contributed by atoms with Crippen molar-refractivity contribution in [3.8, 4) is 11.4 Å². The maximum Gasteiger partial charge on any atom is 0.287 e. The van der Waals surface area contributed by atoms with Crippen molar-refractivity contribution in [1.82, 2.24) is 15.3 Å². The summed E-state index contributed by atoms with van der Waals surface area (Å²) in [6.07, 6.45) is -2.58. The maximum absolute atomic E-state index is 13.8. The first-order valence-corrected chi connectivity index (χ1v) is 10.6. The second kappa shape index (κ2) is 7.56. The molecule has 1 unspecified atom stereocenters. The molecule has 6 rings (SSSR count). The summed E-state index contributed by atoms with van der Waals surface area (Å²) in [6, 6.07) is 4.10. The molecule has 12 heteroatoms. The Morgan fingerprint density at radius 3 is 2.55 bits per heavy atom. The van der Waals surface area contributed by atoms with Gasteiger partial charge in [0.25, 0.3) is 12.3 Å². The number of carbonyl (C=O) groups excluding carboxylic acids is 1. The molecular formula is C21H18ClF3N4O4. The van der Waals surface area contributed by atoms with Gasteiger partial charge in [0.15, 0.2) is 5.69 Å². The number of fused-ring (bicyclic) bond motifs is 3. The summed E-state index contributed by atoms with van der Waals surface area (Å²) in [7, 11) is 0. The molecule has 3 N–H and O–H groups in total. The van der Waals surface area contributed by atoms with Gasteiger partial charge in [0.2, 0.25) is 17.5 Å². The molecule has 2 heterocycles. The van der Waals surface area contributed by atoms with Crippen LogP contribution in [0, 0.1) is 5.82 Å². The summed E-state index contributed by atoms with van der Waals surface area (Å²) in [6.45, 7) is 0. The lowest BCUT2D eigenvalue weighted by atomic mass is 9.50. The van der Waals surface area contributed by atoms with Crippen molar-refractivity contribution in [2.45, 2.75) is 55.5 Å². The van der Waals surface area contributed by atoms with Crippen molar-refractivity contribution in [2.24, 2.45) is 5.73 Å². The van der Waals surface area contributed by atoms with Crippen molar-refractivity contribution in [3.63, 3.8) is 0 Å². The van der Waals surface area contributed by atoms with Gasteiger partial charge in [0.1, 0.15) is 5.82 Å². The fourth-order valence-corrected chi connectivity index (χ4v) is 5.41. The van der Waals surface area contributed by atoms with Gasteiger partial charge in [-0.1, -0.05) is 21.9 Å². The Labute approximate surface area is 189 Å². The number of aromatic nitrogens is 3. The Bertz CT molecular complexity index is 1240. The lowest BCUT2D eigenvalue weighted by molar-refractivity contribution is -0.0556. The molecule has 3 aliphatic rings. The zero-order valence-corrected chi connectivity index (χ0v) is 17.8. The van der Waals surface area contributed by atoms with E-state index in [1.54, 1.807) is 6.07 Å². The van der Waals surface area contributed by atoms with Gasteiger partial charge in [0.05, 0.1) is 16.5 Å². The van der Waals surface area contributed by atoms with E-state index in [0.717, 1.165) is 0 Å². The number of rotatable bonds is 5. The zero-order valence-electron chi connectivity index (χ0n) is 17.0. The fraction of sp³-hybridized carbons (Fsp3) is 0.429. The Kier molecular flexibility index (Phi) is 5.02. The summed E-state index contributed by atoms with van der Waals surface area (Å²) in [5.74, 6) is -1.71. The summed E-state index contributed by atoms with van der Waals surface area (Å²) in [4.78, 5) is 16.2. The van der Waals surface area contributed by atoms with E-state index >= 15 is 0 Å². The molecule has 0 spiro atoms. The third kappa shape index (κ3) is 3.24. The van der Waals surface area contributed by atoms with Crippen LogP contribution in [0.5, 0.6) is 0 Å². The van der Waals surface area contributed by atoms with Crippen molar-refractivity contribution in [1.29, 1.82) is 0 Å². The molecule has 3 aromatic rings. The number of nitrogens with two attached hydrogens (primary N) is 1. The first-order valence-electron chi connectivity index (χ1n) is 10.2. The SMILES string of the molecule is NC(=O)c1onc(C(F)F)c1C12CCC(c3nc(-c4ccc(Cl)c(F)c4)no3)(CC1)C(O)C2. The molecule has 1 aromatic carbocycles. The Morgan fingerprint density at radius 2 is 1.94 bits per heavy atom. The largest absolute Gasteiger partial charge is 0.392 e. The lowest BCUT2D eigenvalue weighted by Crippen LogP contribution is -2.56. The van der Waals surface area contributed by atoms with Crippen LogP contribution < -0.4 is 5.73 Å². The Hall–Kier alpha value is -2.92. The predicted octanol–water partition coefficient (Wildman–Crippen LogP) is 4.07. The minimum atomic E-state index is -2.96. The molecule has 0 saturated heterocycles. The van der Waals surface area contributed by atoms with E-state index in [1.807, 2.05) is 0 Å². The highest BCUT2D eigenvalue weighted by Crippen LogP contribution is 2.59. The van der Waals surface area contributed by atoms with Crippen LogP contribution in [0.4, 0.5) is 13.2 Å². The topological polar surface area (TPSA) is 128 Å². The first-order chi connectivity index (χ1) is 15.7. The number of hydrogen-bond acceptors (Lipinski definition) is 7. The molecule has 2 bridgehead atoms. The van der Waals surface area contributed by atoms with E-state index in [-0.39, 0.29) is 28.7 Å². The van der Waals surface area contributed by atoms with Crippen LogP contribution in [0.2, 0.25) is 5.02 Å². The molecule has 3 aliphatic carbocycles. The molecule has 174 valence electrons. The quantitative estimate of drug-likeness (QED) is 0.561. The number of benzene rings is 1. The number of amides is 1. The van der Waals surface area contributed by atoms with Crippen LogP contribution in [-0.4, -0.2) is 32.4 Å². The molecule has 1 amide bonds. The van der Waals surface area contributed by atoms with E-state index in [2.05, 4.69) is 15.3 Å². The number of carbonyl (C=O) groups is 1. The van der Waals surface area contributed by atoms with E-state index in [1.165, 1.54) is 12.1 Å². The predicted molar refractivity (Wildman–Crippen MR) is 107 cm³/mol. The summed E-state index contributed by atoms with van der Waals surface area (Å²) >= 11 is 5.72. The summed E-state index contributed by atoms with van der Waals surface area (Å²) in [5.41, 5.74) is 3.20. The number of hydrogen-bond donors (Lipinski definition) is 2. The standard InChI is InChI=1S/C21H18ClF3N4O4/c22-10-2-1-9(7-11(10)23)18-27-19(33-29-18)21-5-3-20(4-6-21,8-12(21)30)13-14(16(24)25)28-32-15(13)17(26)31/h1-2,7,12,16,30H,3-6,8H2,(H2,26,31). The van der Waals surface area contributed by atoms with Gasteiger partial charge >= 0.3 is 0 Å². The van der Waals surface area contributed by atoms with Crippen LogP contribution in [-0.2, 0) is 10.8 Å². The number of aliphatic hydroxyl groups excluding tert-OH is 1. The molecular weight excluding hydrogens is 465 g/mol. The van der Waals surface area contributed by atoms with Gasteiger partial charge in [0, 0.05) is 16.5 Å². The molecule has 3 saturated carbocycles. The fourth-order valence-electron chi connectivity index (χ4n) is 5.30. The average molecular weight is 483 g/mol. The van der Waals surface area contributed by atoms with Crippen molar-refractivity contribution < 1.29 is 32.1 Å². The van der Waals surface area contributed by atoms with Gasteiger partial charge in [-0.25, -0.2) is 13.2 Å². The number of primary amides is 1. The highest BCUT2D eigenvalue weighted by atomic mass is 35.5. The zero-order chi connectivity index (χ0) is 23.5. The minimum absolute atomic E-state index is 0.0276. The van der Waals surface area contributed by atoms with Crippen LogP contribution in [0.15, 0.2) is 27.2 Å². The number of halogens is 4. The Morgan fingerprint density at radius 1 is 1.21 bits per heavy atom. The van der Waals surface area contributed by atoms with E-state index < -0.39 is 46.5 Å². The van der Waals surface area contributed by atoms with Gasteiger partial charge in [-0.15, -0.1) is 0 Å². The third-order valence-electron chi connectivity index (χ3n) is 7.03. The molecule has 33 heavy (non-hydrogen) atoms. The molecule has 1 atom stereocenters. The number of aliphatic hydroxyl groups is 1. The highest BCUT2D eigenvalue weighted by molar-refractivity contribution is 6.30. The monoisotopic (exact) mass is 482 g/mol. The van der Waals surface area contributed by atoms with Crippen molar-refractivity contribution >= 4 is 17.5 Å². The van der Waals surface area contributed by atoms with Crippen molar-refractivity contribution in [3.05, 3.63) is 51.9 Å². The van der Waals surface area contributed by atoms with Crippen LogP contribution in [0.3, 0.4) is 0 Å². The number of alkyl halides is 2. The van der Waals surface area contributed by atoms with Gasteiger partial charge in [-0.2, -0.15) is 4.98 Å². The van der Waals surface area contributed by atoms with Crippen LogP contribution in [0.25, 0.3) is 11.4 Å². The van der Waals surface area contributed by atoms with Crippen molar-refractivity contribution in [2.75, 3.05) is 0 Å². The Balaban J connectivity index is 1.48. The molecule has 0 radical (unpaired) electrons. The third-order valence-corrected chi connectivity index (χ3v) is 7.34. The van der Waals surface area contributed by atoms with Gasteiger partial charge in [-0.05, 0) is 50.3 Å². The van der Waals surface area contributed by atoms with Gasteiger partial charge in [-0.3, -0.25) is 4.79 Å². The minimum Gasteiger partial charge on any atom is -0.392 e. The molecule has 0 aliphatic heterocycles.